The van der Waals surface area contributed by atoms with Crippen LogP contribution in [0.25, 0.3) is 0 Å². The lowest BCUT2D eigenvalue weighted by atomic mass is 10.2. The predicted molar refractivity (Wildman–Crippen MR) is 46.6 cm³/mol. The molecule has 5 nitrogen and oxygen atoms in total. The van der Waals surface area contributed by atoms with Crippen LogP contribution in [0.4, 0.5) is 0 Å². The van der Waals surface area contributed by atoms with Gasteiger partial charge in [0.2, 0.25) is 0 Å². The second-order valence-electron chi connectivity index (χ2n) is 2.04. The topological polar surface area (TPSA) is 71.8 Å². The highest BCUT2D eigenvalue weighted by molar-refractivity contribution is 6.34. The number of nitrogens with zero attached hydrogens (tertiary/aromatic N) is 1. The quantitative estimate of drug-likeness (QED) is 0.539. The Morgan fingerprint density at radius 1 is 1.62 bits per heavy atom. The van der Waals surface area contributed by atoms with Crippen LogP contribution in [-0.2, 0) is 0 Å². The molecule has 0 aromatic carbocycles. The average molecular weight is 204 g/mol. The summed E-state index contributed by atoms with van der Waals surface area (Å²) in [5.41, 5.74) is 0. The van der Waals surface area contributed by atoms with Crippen molar-refractivity contribution in [3.8, 4) is 11.5 Å². The molecule has 1 aromatic heterocycles. The maximum absolute atomic E-state index is 8.56. The van der Waals surface area contributed by atoms with Crippen LogP contribution in [0.1, 0.15) is 1.37 Å². The molecule has 0 aliphatic carbocycles. The summed E-state index contributed by atoms with van der Waals surface area (Å²) in [6.45, 7) is 0. The minimum atomic E-state index is -1.97. The van der Waals surface area contributed by atoms with E-state index in [4.69, 9.17) is 27.8 Å². The van der Waals surface area contributed by atoms with Crippen molar-refractivity contribution in [1.29, 1.82) is 0 Å². The minimum Gasteiger partial charge on any atom is -0.509 e. The van der Waals surface area contributed by atoms with E-state index in [1.165, 1.54) is 12.3 Å². The summed E-state index contributed by atoms with van der Waals surface area (Å²) in [6.07, 6.45) is 1.23. The molecule has 7 heteroatoms. The third kappa shape index (κ3) is 2.76. The van der Waals surface area contributed by atoms with Crippen LogP contribution in [0, 0.1) is 0 Å². The highest BCUT2D eigenvalue weighted by atomic mass is 35.5. The van der Waals surface area contributed by atoms with Crippen molar-refractivity contribution in [3.63, 3.8) is 0 Å². The van der Waals surface area contributed by atoms with Crippen LogP contribution in [-0.4, -0.2) is 29.4 Å². The number of halogens is 1. The molecule has 0 fully saturated rings. The number of hydrogen-bond donors (Lipinski definition) is 2. The van der Waals surface area contributed by atoms with E-state index in [-0.39, 0.29) is 23.7 Å². The zero-order valence-electron chi connectivity index (χ0n) is 7.48. The maximum atomic E-state index is 8.56. The smallest absolute Gasteiger partial charge is 0.509 e. The van der Waals surface area contributed by atoms with Gasteiger partial charge >= 0.3 is 7.32 Å². The van der Waals surface area contributed by atoms with Crippen molar-refractivity contribution in [1.82, 2.24) is 4.98 Å². The number of ether oxygens (including phenoxy) is 1. The zero-order chi connectivity index (χ0) is 10.6. The van der Waals surface area contributed by atoms with E-state index < -0.39 is 7.32 Å². The summed E-state index contributed by atoms with van der Waals surface area (Å²) in [6, 6.07) is 1.26. The Balaban J connectivity index is 2.90. The van der Waals surface area contributed by atoms with Crippen molar-refractivity contribution in [2.45, 2.75) is 0 Å². The summed E-state index contributed by atoms with van der Waals surface area (Å²) in [5, 5.41) is 17.2. The Hall–Kier alpha value is -0.975. The molecule has 1 rings (SSSR count). The van der Waals surface area contributed by atoms with Gasteiger partial charge in [-0.25, -0.2) is 4.98 Å². The van der Waals surface area contributed by atoms with E-state index in [9.17, 15) is 0 Å². The Morgan fingerprint density at radius 3 is 3.00 bits per heavy atom. The molecule has 0 aliphatic heterocycles. The molecule has 0 saturated heterocycles. The fourth-order valence-electron chi connectivity index (χ4n) is 0.715. The van der Waals surface area contributed by atoms with Crippen LogP contribution in [0.2, 0.25) is 5.15 Å². The highest BCUT2D eigenvalue weighted by Gasteiger charge is 2.15. The van der Waals surface area contributed by atoms with Gasteiger partial charge in [-0.3, -0.25) is 0 Å². The molecule has 0 aliphatic rings. The van der Waals surface area contributed by atoms with Crippen LogP contribution in [0.15, 0.2) is 12.3 Å². The van der Waals surface area contributed by atoms with Gasteiger partial charge in [-0.1, -0.05) is 11.6 Å². The highest BCUT2D eigenvalue weighted by Crippen LogP contribution is 2.27. The fourth-order valence-corrected chi connectivity index (χ4v) is 0.862. The maximum Gasteiger partial charge on any atom is 0.707 e. The molecule has 2 N–H and O–H groups in total. The third-order valence-electron chi connectivity index (χ3n) is 1.19. The van der Waals surface area contributed by atoms with Gasteiger partial charge < -0.3 is 19.4 Å². The second kappa shape index (κ2) is 4.31. The lowest BCUT2D eigenvalue weighted by Gasteiger charge is -2.08. The number of pyridine rings is 1. The molecule has 0 amide bonds. The normalized spacial score (nSPS) is 10.5. The fraction of sp³-hybridized carbons (Fsp3) is 0.167. The van der Waals surface area contributed by atoms with Gasteiger partial charge in [-0.05, 0) is 0 Å². The van der Waals surface area contributed by atoms with Crippen LogP contribution < -0.4 is 9.39 Å². The lowest BCUT2D eigenvalue weighted by Crippen LogP contribution is -2.20. The molecular weight excluding hydrogens is 196 g/mol. The largest absolute Gasteiger partial charge is 0.707 e. The van der Waals surface area contributed by atoms with Crippen LogP contribution >= 0.6 is 11.6 Å². The first-order chi connectivity index (χ1) is 6.63. The van der Waals surface area contributed by atoms with E-state index >= 15 is 0 Å². The van der Waals surface area contributed by atoms with Crippen molar-refractivity contribution >= 4 is 18.9 Å². The monoisotopic (exact) mass is 204 g/mol. The Bertz CT molecular complexity index is 314. The standard InChI is InChI=1S/C6H7BClNO4/c1-12-5-3-9-6(8)2-4(5)13-7(10)11/h2-3,10-11H,1H3/i1D. The molecule has 0 atom stereocenters. The molecule has 0 unspecified atom stereocenters. The molecule has 70 valence electrons. The number of rotatable bonds is 3. The first-order valence-electron chi connectivity index (χ1n) is 3.94. The van der Waals surface area contributed by atoms with Gasteiger partial charge in [0.1, 0.15) is 5.15 Å². The lowest BCUT2D eigenvalue weighted by molar-refractivity contribution is 0.279. The average Bonchev–Trinajstić information content (AvgIpc) is 2.09. The summed E-state index contributed by atoms with van der Waals surface area (Å²) in [4.78, 5) is 3.68. The summed E-state index contributed by atoms with van der Waals surface area (Å²) >= 11 is 5.54. The molecular formula is C6H7BClNO4. The molecule has 0 bridgehead atoms. The number of methoxy groups -OCH3 is 1. The number of hydrogen-bond acceptors (Lipinski definition) is 5. The predicted octanol–water partition coefficient (Wildman–Crippen LogP) is 0.0919. The van der Waals surface area contributed by atoms with Crippen LogP contribution in [0.5, 0.6) is 11.5 Å². The van der Waals surface area contributed by atoms with E-state index in [2.05, 4.69) is 9.64 Å². The Morgan fingerprint density at radius 2 is 2.38 bits per heavy atom. The summed E-state index contributed by atoms with van der Waals surface area (Å²) in [7, 11) is -2.30. The van der Waals surface area contributed by atoms with E-state index in [1.807, 2.05) is 0 Å². The Kier molecular flexibility index (Phi) is 2.86. The first kappa shape index (κ1) is 8.62. The summed E-state index contributed by atoms with van der Waals surface area (Å²) in [5.74, 6) is 0.143. The minimum absolute atomic E-state index is 0.0206. The molecule has 0 spiro atoms. The van der Waals surface area contributed by atoms with E-state index in [0.29, 0.717) is 0 Å². The molecule has 0 radical (unpaired) electrons. The molecule has 1 heterocycles. The van der Waals surface area contributed by atoms with Gasteiger partial charge in [0.05, 0.1) is 14.7 Å². The molecule has 13 heavy (non-hydrogen) atoms. The first-order valence-corrected chi connectivity index (χ1v) is 3.61. The van der Waals surface area contributed by atoms with Gasteiger partial charge in [-0.2, -0.15) is 0 Å². The summed E-state index contributed by atoms with van der Waals surface area (Å²) < 4.78 is 16.2. The van der Waals surface area contributed by atoms with E-state index in [0.717, 1.165) is 0 Å². The van der Waals surface area contributed by atoms with Crippen molar-refractivity contribution < 1.29 is 20.8 Å². The van der Waals surface area contributed by atoms with Gasteiger partial charge in [0.15, 0.2) is 11.5 Å². The molecule has 1 aromatic rings. The van der Waals surface area contributed by atoms with Crippen LogP contribution in [0.3, 0.4) is 0 Å². The van der Waals surface area contributed by atoms with Gasteiger partial charge in [0.25, 0.3) is 0 Å². The molecule has 0 saturated carbocycles. The van der Waals surface area contributed by atoms with E-state index in [1.54, 1.807) is 0 Å². The van der Waals surface area contributed by atoms with Gasteiger partial charge in [-0.15, -0.1) is 0 Å². The third-order valence-corrected chi connectivity index (χ3v) is 1.39. The van der Waals surface area contributed by atoms with Gasteiger partial charge in [0, 0.05) is 6.07 Å². The zero-order valence-corrected chi connectivity index (χ0v) is 7.23. The second-order valence-corrected chi connectivity index (χ2v) is 2.43. The van der Waals surface area contributed by atoms with Crippen molar-refractivity contribution in [2.24, 2.45) is 0 Å². The van der Waals surface area contributed by atoms with Crippen molar-refractivity contribution in [3.05, 3.63) is 17.4 Å². The Labute approximate surface area is 81.5 Å². The SMILES string of the molecule is [2H]COc1cnc(Cl)cc1OB(O)O. The van der Waals surface area contributed by atoms with Crippen molar-refractivity contribution in [2.75, 3.05) is 7.09 Å². The number of aromatic nitrogens is 1.